The highest BCUT2D eigenvalue weighted by atomic mass is 19.1. The molecule has 0 bridgehead atoms. The molecule has 1 saturated heterocycles. The van der Waals surface area contributed by atoms with E-state index in [4.69, 9.17) is 0 Å². The Bertz CT molecular complexity index is 389. The molecule has 0 radical (unpaired) electrons. The molecule has 0 atom stereocenters. The van der Waals surface area contributed by atoms with Crippen LogP contribution in [0.25, 0.3) is 0 Å². The smallest absolute Gasteiger partial charge is 0.272 e. The van der Waals surface area contributed by atoms with Crippen LogP contribution in [0.4, 0.5) is 15.8 Å². The lowest BCUT2D eigenvalue weighted by Gasteiger charge is -2.17. The summed E-state index contributed by atoms with van der Waals surface area (Å²) < 4.78 is 13.5. The van der Waals surface area contributed by atoms with E-state index in [0.29, 0.717) is 5.69 Å². The Balaban J connectivity index is 2.29. The maximum Gasteiger partial charge on any atom is 0.272 e. The SMILES string of the molecule is O=[N+]([O-])c1ccc(N2CCCC2)c(F)c1. The Labute approximate surface area is 86.5 Å². The van der Waals surface area contributed by atoms with Crippen LogP contribution in [0.5, 0.6) is 0 Å². The molecule has 1 aliphatic rings. The van der Waals surface area contributed by atoms with Crippen molar-refractivity contribution in [2.24, 2.45) is 0 Å². The van der Waals surface area contributed by atoms with Gasteiger partial charge in [-0.05, 0) is 18.9 Å². The lowest BCUT2D eigenvalue weighted by atomic mass is 10.2. The van der Waals surface area contributed by atoms with Gasteiger partial charge in [-0.25, -0.2) is 4.39 Å². The number of nitro benzene ring substituents is 1. The van der Waals surface area contributed by atoms with Crippen LogP contribution in [-0.4, -0.2) is 18.0 Å². The molecule has 0 aromatic heterocycles. The van der Waals surface area contributed by atoms with Crippen molar-refractivity contribution in [1.82, 2.24) is 0 Å². The van der Waals surface area contributed by atoms with E-state index in [9.17, 15) is 14.5 Å². The van der Waals surface area contributed by atoms with Crippen molar-refractivity contribution < 1.29 is 9.31 Å². The molecule has 0 aliphatic carbocycles. The minimum Gasteiger partial charge on any atom is -0.369 e. The van der Waals surface area contributed by atoms with Crippen LogP contribution in [0.2, 0.25) is 0 Å². The largest absolute Gasteiger partial charge is 0.369 e. The number of hydrogen-bond acceptors (Lipinski definition) is 3. The number of nitro groups is 1. The normalized spacial score (nSPS) is 15.7. The summed E-state index contributed by atoms with van der Waals surface area (Å²) in [6.07, 6.45) is 2.10. The monoisotopic (exact) mass is 210 g/mol. The number of anilines is 1. The summed E-state index contributed by atoms with van der Waals surface area (Å²) in [5.74, 6) is -0.508. The zero-order valence-corrected chi connectivity index (χ0v) is 8.15. The fourth-order valence-electron chi connectivity index (χ4n) is 1.82. The molecule has 0 saturated carbocycles. The molecule has 1 fully saturated rings. The summed E-state index contributed by atoms with van der Waals surface area (Å²) in [7, 11) is 0. The summed E-state index contributed by atoms with van der Waals surface area (Å²) in [5.41, 5.74) is 0.272. The van der Waals surface area contributed by atoms with Gasteiger partial charge < -0.3 is 4.90 Å². The molecule has 80 valence electrons. The van der Waals surface area contributed by atoms with E-state index < -0.39 is 10.7 Å². The molecule has 15 heavy (non-hydrogen) atoms. The van der Waals surface area contributed by atoms with Crippen LogP contribution in [0.15, 0.2) is 18.2 Å². The number of non-ortho nitro benzene ring substituents is 1. The number of hydrogen-bond donors (Lipinski definition) is 0. The van der Waals surface area contributed by atoms with Crippen LogP contribution in [0, 0.1) is 15.9 Å². The fraction of sp³-hybridized carbons (Fsp3) is 0.400. The minimum atomic E-state index is -0.586. The van der Waals surface area contributed by atoms with Gasteiger partial charge in [0.05, 0.1) is 16.7 Å². The first kappa shape index (κ1) is 9.89. The second kappa shape index (κ2) is 3.84. The first-order valence-corrected chi connectivity index (χ1v) is 4.87. The number of halogens is 1. The number of nitrogens with zero attached hydrogens (tertiary/aromatic N) is 2. The molecule has 0 amide bonds. The highest BCUT2D eigenvalue weighted by molar-refractivity contribution is 5.52. The third-order valence-electron chi connectivity index (χ3n) is 2.59. The van der Waals surface area contributed by atoms with E-state index in [1.807, 2.05) is 4.90 Å². The average Bonchev–Trinajstić information content (AvgIpc) is 2.70. The van der Waals surface area contributed by atoms with E-state index in [1.54, 1.807) is 0 Å². The molecule has 0 unspecified atom stereocenters. The van der Waals surface area contributed by atoms with E-state index in [-0.39, 0.29) is 5.69 Å². The zero-order chi connectivity index (χ0) is 10.8. The second-order valence-electron chi connectivity index (χ2n) is 3.59. The lowest BCUT2D eigenvalue weighted by molar-refractivity contribution is -0.385. The summed E-state index contributed by atoms with van der Waals surface area (Å²) in [5, 5.41) is 10.4. The number of benzene rings is 1. The van der Waals surface area contributed by atoms with Gasteiger partial charge in [-0.1, -0.05) is 0 Å². The lowest BCUT2D eigenvalue weighted by Crippen LogP contribution is -2.18. The van der Waals surface area contributed by atoms with E-state index in [2.05, 4.69) is 0 Å². The van der Waals surface area contributed by atoms with Gasteiger partial charge in [0.25, 0.3) is 5.69 Å². The summed E-state index contributed by atoms with van der Waals surface area (Å²) in [6.45, 7) is 1.66. The Kier molecular flexibility index (Phi) is 2.53. The highest BCUT2D eigenvalue weighted by Gasteiger charge is 2.18. The van der Waals surface area contributed by atoms with Crippen molar-refractivity contribution in [2.75, 3.05) is 18.0 Å². The van der Waals surface area contributed by atoms with Crippen LogP contribution in [0.1, 0.15) is 12.8 Å². The van der Waals surface area contributed by atoms with Crippen molar-refractivity contribution >= 4 is 11.4 Å². The Morgan fingerprint density at radius 3 is 2.53 bits per heavy atom. The van der Waals surface area contributed by atoms with Crippen molar-refractivity contribution in [3.8, 4) is 0 Å². The quantitative estimate of drug-likeness (QED) is 0.556. The molecule has 5 heteroatoms. The molecule has 1 aliphatic heterocycles. The molecule has 1 heterocycles. The summed E-state index contributed by atoms with van der Waals surface area (Å²) in [6, 6.07) is 3.81. The van der Waals surface area contributed by atoms with Gasteiger partial charge in [0, 0.05) is 19.2 Å². The average molecular weight is 210 g/mol. The van der Waals surface area contributed by atoms with Crippen LogP contribution >= 0.6 is 0 Å². The highest BCUT2D eigenvalue weighted by Crippen LogP contribution is 2.26. The van der Waals surface area contributed by atoms with Crippen molar-refractivity contribution in [3.05, 3.63) is 34.1 Å². The molecule has 1 aromatic rings. The predicted octanol–water partition coefficient (Wildman–Crippen LogP) is 2.33. The Morgan fingerprint density at radius 1 is 1.33 bits per heavy atom. The predicted molar refractivity (Wildman–Crippen MR) is 54.5 cm³/mol. The van der Waals surface area contributed by atoms with Crippen LogP contribution < -0.4 is 4.90 Å². The molecular formula is C10H11FN2O2. The molecule has 0 spiro atoms. The third kappa shape index (κ3) is 1.91. The van der Waals surface area contributed by atoms with Crippen LogP contribution in [0.3, 0.4) is 0 Å². The summed E-state index contributed by atoms with van der Waals surface area (Å²) in [4.78, 5) is 11.7. The van der Waals surface area contributed by atoms with Gasteiger partial charge in [-0.2, -0.15) is 0 Å². The van der Waals surface area contributed by atoms with E-state index in [0.717, 1.165) is 32.0 Å². The Hall–Kier alpha value is -1.65. The first-order valence-electron chi connectivity index (χ1n) is 4.87. The van der Waals surface area contributed by atoms with Crippen LogP contribution in [-0.2, 0) is 0 Å². The fourth-order valence-corrected chi connectivity index (χ4v) is 1.82. The molecular weight excluding hydrogens is 199 g/mol. The maximum atomic E-state index is 13.5. The maximum absolute atomic E-state index is 13.5. The van der Waals surface area contributed by atoms with Crippen molar-refractivity contribution in [3.63, 3.8) is 0 Å². The van der Waals surface area contributed by atoms with Gasteiger partial charge in [0.1, 0.15) is 0 Å². The van der Waals surface area contributed by atoms with E-state index >= 15 is 0 Å². The molecule has 2 rings (SSSR count). The molecule has 1 aromatic carbocycles. The van der Waals surface area contributed by atoms with Gasteiger partial charge in [0.15, 0.2) is 5.82 Å². The van der Waals surface area contributed by atoms with Gasteiger partial charge in [-0.15, -0.1) is 0 Å². The second-order valence-corrected chi connectivity index (χ2v) is 3.59. The molecule has 4 nitrogen and oxygen atoms in total. The number of rotatable bonds is 2. The van der Waals surface area contributed by atoms with Crippen molar-refractivity contribution in [1.29, 1.82) is 0 Å². The third-order valence-corrected chi connectivity index (χ3v) is 2.59. The minimum absolute atomic E-state index is 0.199. The standard InChI is InChI=1S/C10H11FN2O2/c11-9-7-8(13(14)15)3-4-10(9)12-5-1-2-6-12/h3-4,7H,1-2,5-6H2. The van der Waals surface area contributed by atoms with Gasteiger partial charge in [-0.3, -0.25) is 10.1 Å². The van der Waals surface area contributed by atoms with E-state index in [1.165, 1.54) is 12.1 Å². The molecule has 0 N–H and O–H groups in total. The topological polar surface area (TPSA) is 46.4 Å². The summed E-state index contributed by atoms with van der Waals surface area (Å²) >= 11 is 0. The zero-order valence-electron chi connectivity index (χ0n) is 8.15. The first-order chi connectivity index (χ1) is 7.18. The van der Waals surface area contributed by atoms with Gasteiger partial charge in [0.2, 0.25) is 0 Å². The van der Waals surface area contributed by atoms with Crippen molar-refractivity contribution in [2.45, 2.75) is 12.8 Å². The van der Waals surface area contributed by atoms with Gasteiger partial charge >= 0.3 is 0 Å². The Morgan fingerprint density at radius 2 is 2.00 bits per heavy atom.